The van der Waals surface area contributed by atoms with E-state index in [4.69, 9.17) is 5.73 Å². The maximum Gasteiger partial charge on any atom is 0.328 e. The smallest absolute Gasteiger partial charge is 0.328 e. The molecule has 0 aromatic carbocycles. The van der Waals surface area contributed by atoms with E-state index in [1.807, 2.05) is 0 Å². The summed E-state index contributed by atoms with van der Waals surface area (Å²) in [4.78, 5) is 22.9. The highest BCUT2D eigenvalue weighted by atomic mass is 16.5. The largest absolute Gasteiger partial charge is 0.467 e. The summed E-state index contributed by atoms with van der Waals surface area (Å²) in [5.74, 6) is -0.572. The number of nitrogens with two attached hydrogens (primary N) is 1. The predicted octanol–water partition coefficient (Wildman–Crippen LogP) is 0.182. The molecular formula is C11H20N2O3. The Kier molecular flexibility index (Phi) is 4.73. The maximum atomic E-state index is 11.8. The van der Waals surface area contributed by atoms with Gasteiger partial charge in [0.15, 0.2) is 0 Å². The van der Waals surface area contributed by atoms with Crippen LogP contribution < -0.4 is 11.1 Å². The summed E-state index contributed by atoms with van der Waals surface area (Å²) in [6.45, 7) is 1.62. The van der Waals surface area contributed by atoms with Crippen molar-refractivity contribution in [3.8, 4) is 0 Å². The molecule has 5 nitrogen and oxygen atoms in total. The zero-order chi connectivity index (χ0) is 12.1. The number of methoxy groups -OCH3 is 1. The molecule has 1 aliphatic rings. The first-order valence-electron chi connectivity index (χ1n) is 5.68. The number of rotatable bonds is 3. The number of hydrogen-bond acceptors (Lipinski definition) is 4. The van der Waals surface area contributed by atoms with Gasteiger partial charge in [-0.1, -0.05) is 6.42 Å². The van der Waals surface area contributed by atoms with E-state index in [0.717, 1.165) is 19.3 Å². The van der Waals surface area contributed by atoms with E-state index >= 15 is 0 Å². The van der Waals surface area contributed by atoms with Crippen LogP contribution in [0.3, 0.4) is 0 Å². The summed E-state index contributed by atoms with van der Waals surface area (Å²) in [6, 6.07) is -0.478. The molecule has 0 aromatic heterocycles. The highest BCUT2D eigenvalue weighted by molar-refractivity contribution is 5.85. The standard InChI is InChI=1S/C11H20N2O3/c1-7(11(15)16-2)13-10(14)8-4-3-5-9(12)6-8/h7-9H,3-6,12H2,1-2H3,(H,13,14)/t7-,8?,9?/m1/s1. The Bertz CT molecular complexity index is 268. The zero-order valence-electron chi connectivity index (χ0n) is 9.86. The summed E-state index contributed by atoms with van der Waals surface area (Å²) >= 11 is 0. The SMILES string of the molecule is COC(=O)[C@@H](C)NC(=O)C1CCCC(N)C1. The van der Waals surface area contributed by atoms with E-state index < -0.39 is 12.0 Å². The fourth-order valence-electron chi connectivity index (χ4n) is 2.03. The van der Waals surface area contributed by atoms with E-state index in [1.165, 1.54) is 7.11 Å². The molecule has 2 unspecified atom stereocenters. The zero-order valence-corrected chi connectivity index (χ0v) is 9.86. The summed E-state index contributed by atoms with van der Waals surface area (Å²) in [7, 11) is 1.31. The monoisotopic (exact) mass is 228 g/mol. The number of hydrogen-bond donors (Lipinski definition) is 2. The molecule has 0 spiro atoms. The molecule has 3 N–H and O–H groups in total. The van der Waals surface area contributed by atoms with E-state index in [-0.39, 0.29) is 17.9 Å². The van der Waals surface area contributed by atoms with Crippen molar-refractivity contribution in [3.05, 3.63) is 0 Å². The first-order chi connectivity index (χ1) is 7.54. The molecule has 0 heterocycles. The second kappa shape index (κ2) is 5.84. The van der Waals surface area contributed by atoms with Gasteiger partial charge in [-0.05, 0) is 26.2 Å². The third kappa shape index (κ3) is 3.48. The number of carbonyl (C=O) groups is 2. The van der Waals surface area contributed by atoms with Crippen molar-refractivity contribution in [2.45, 2.75) is 44.7 Å². The molecule has 5 heteroatoms. The molecule has 16 heavy (non-hydrogen) atoms. The van der Waals surface area contributed by atoms with Gasteiger partial charge in [0.05, 0.1) is 7.11 Å². The Balaban J connectivity index is 2.42. The topological polar surface area (TPSA) is 81.4 Å². The van der Waals surface area contributed by atoms with Gasteiger partial charge >= 0.3 is 5.97 Å². The van der Waals surface area contributed by atoms with Gasteiger partial charge in [0.25, 0.3) is 0 Å². The van der Waals surface area contributed by atoms with Gasteiger partial charge in [0.1, 0.15) is 6.04 Å². The van der Waals surface area contributed by atoms with Gasteiger partial charge in [-0.25, -0.2) is 4.79 Å². The molecule has 1 fully saturated rings. The minimum absolute atomic E-state index is 0.0594. The van der Waals surface area contributed by atoms with E-state index in [0.29, 0.717) is 6.42 Å². The highest BCUT2D eigenvalue weighted by Gasteiger charge is 2.27. The van der Waals surface area contributed by atoms with Crippen molar-refractivity contribution in [2.24, 2.45) is 11.7 Å². The van der Waals surface area contributed by atoms with Crippen LogP contribution in [0.4, 0.5) is 0 Å². The van der Waals surface area contributed by atoms with Crippen molar-refractivity contribution < 1.29 is 14.3 Å². The lowest BCUT2D eigenvalue weighted by molar-refractivity contribution is -0.145. The minimum Gasteiger partial charge on any atom is -0.467 e. The number of amides is 1. The lowest BCUT2D eigenvalue weighted by Gasteiger charge is -2.26. The molecule has 0 aliphatic heterocycles. The number of esters is 1. The predicted molar refractivity (Wildman–Crippen MR) is 59.6 cm³/mol. The highest BCUT2D eigenvalue weighted by Crippen LogP contribution is 2.23. The number of carbonyl (C=O) groups excluding carboxylic acids is 2. The second-order valence-electron chi connectivity index (χ2n) is 4.38. The van der Waals surface area contributed by atoms with Crippen LogP contribution in [0.25, 0.3) is 0 Å². The van der Waals surface area contributed by atoms with Crippen LogP contribution >= 0.6 is 0 Å². The van der Waals surface area contributed by atoms with Crippen LogP contribution in [0, 0.1) is 5.92 Å². The molecule has 1 aliphatic carbocycles. The summed E-state index contributed by atoms with van der Waals surface area (Å²) < 4.78 is 4.54. The molecule has 1 rings (SSSR count). The van der Waals surface area contributed by atoms with Gasteiger partial charge in [-0.15, -0.1) is 0 Å². The molecule has 92 valence electrons. The van der Waals surface area contributed by atoms with Crippen molar-refractivity contribution in [1.29, 1.82) is 0 Å². The number of ether oxygens (including phenoxy) is 1. The molecule has 0 radical (unpaired) electrons. The Morgan fingerprint density at radius 3 is 2.69 bits per heavy atom. The third-order valence-corrected chi connectivity index (χ3v) is 3.00. The van der Waals surface area contributed by atoms with Crippen LogP contribution in [0.15, 0.2) is 0 Å². The normalized spacial score (nSPS) is 26.9. The maximum absolute atomic E-state index is 11.8. The van der Waals surface area contributed by atoms with Crippen LogP contribution in [0.1, 0.15) is 32.6 Å². The van der Waals surface area contributed by atoms with E-state index in [1.54, 1.807) is 6.92 Å². The molecular weight excluding hydrogens is 208 g/mol. The summed E-state index contributed by atoms with van der Waals surface area (Å²) in [5, 5.41) is 2.65. The van der Waals surface area contributed by atoms with Gasteiger partial charge in [-0.2, -0.15) is 0 Å². The quantitative estimate of drug-likeness (QED) is 0.675. The van der Waals surface area contributed by atoms with Crippen LogP contribution in [0.5, 0.6) is 0 Å². The molecule has 0 aromatic rings. The lowest BCUT2D eigenvalue weighted by Crippen LogP contribution is -2.44. The average molecular weight is 228 g/mol. The van der Waals surface area contributed by atoms with E-state index in [9.17, 15) is 9.59 Å². The van der Waals surface area contributed by atoms with Crippen molar-refractivity contribution in [1.82, 2.24) is 5.32 Å². The van der Waals surface area contributed by atoms with Crippen LogP contribution in [0.2, 0.25) is 0 Å². The fraction of sp³-hybridized carbons (Fsp3) is 0.818. The average Bonchev–Trinajstić information content (AvgIpc) is 2.27. The van der Waals surface area contributed by atoms with Crippen molar-refractivity contribution in [3.63, 3.8) is 0 Å². The van der Waals surface area contributed by atoms with Gasteiger partial charge < -0.3 is 15.8 Å². The Morgan fingerprint density at radius 1 is 1.44 bits per heavy atom. The first-order valence-corrected chi connectivity index (χ1v) is 5.68. The Labute approximate surface area is 95.7 Å². The third-order valence-electron chi connectivity index (χ3n) is 3.00. The Hall–Kier alpha value is -1.10. The van der Waals surface area contributed by atoms with Gasteiger partial charge in [0, 0.05) is 12.0 Å². The fourth-order valence-corrected chi connectivity index (χ4v) is 2.03. The van der Waals surface area contributed by atoms with Crippen molar-refractivity contribution >= 4 is 11.9 Å². The van der Waals surface area contributed by atoms with Crippen LogP contribution in [-0.2, 0) is 14.3 Å². The number of nitrogens with one attached hydrogen (secondary N) is 1. The molecule has 3 atom stereocenters. The summed E-state index contributed by atoms with van der Waals surface area (Å²) in [6.07, 6.45) is 3.52. The van der Waals surface area contributed by atoms with E-state index in [2.05, 4.69) is 10.1 Å². The van der Waals surface area contributed by atoms with Gasteiger partial charge in [0.2, 0.25) is 5.91 Å². The molecule has 1 saturated carbocycles. The second-order valence-corrected chi connectivity index (χ2v) is 4.38. The Morgan fingerprint density at radius 2 is 2.12 bits per heavy atom. The molecule has 0 bridgehead atoms. The first kappa shape index (κ1) is 13.0. The van der Waals surface area contributed by atoms with Crippen molar-refractivity contribution in [2.75, 3.05) is 7.11 Å². The molecule has 1 amide bonds. The summed E-state index contributed by atoms with van der Waals surface area (Å²) in [5.41, 5.74) is 5.81. The molecule has 0 saturated heterocycles. The van der Waals surface area contributed by atoms with Crippen LogP contribution in [-0.4, -0.2) is 31.1 Å². The lowest BCUT2D eigenvalue weighted by atomic mass is 9.85. The van der Waals surface area contributed by atoms with Gasteiger partial charge in [-0.3, -0.25) is 4.79 Å². The minimum atomic E-state index is -0.587.